The smallest absolute Gasteiger partial charge is 0.146 e. The van der Waals surface area contributed by atoms with Crippen LogP contribution in [0.25, 0.3) is 0 Å². The molecule has 2 nitrogen and oxygen atoms in total. The number of rotatable bonds is 7. The number of anilines is 1. The first kappa shape index (κ1) is 15.4. The molecule has 0 fully saturated rings. The van der Waals surface area contributed by atoms with Gasteiger partial charge in [-0.05, 0) is 38.2 Å². The molecule has 102 valence electrons. The van der Waals surface area contributed by atoms with Crippen molar-refractivity contribution in [1.82, 2.24) is 4.90 Å². The minimum absolute atomic E-state index is 0.126. The summed E-state index contributed by atoms with van der Waals surface area (Å²) in [6, 6.07) is 5.48. The van der Waals surface area contributed by atoms with E-state index in [0.29, 0.717) is 11.0 Å². The van der Waals surface area contributed by atoms with E-state index in [0.717, 1.165) is 31.6 Å². The lowest BCUT2D eigenvalue weighted by molar-refractivity contribution is 0.412. The Labute approximate surface area is 118 Å². The molecule has 0 radical (unpaired) electrons. The van der Waals surface area contributed by atoms with Gasteiger partial charge in [0.1, 0.15) is 5.82 Å². The van der Waals surface area contributed by atoms with Crippen LogP contribution in [0.4, 0.5) is 10.1 Å². The molecule has 4 heteroatoms. The fourth-order valence-electron chi connectivity index (χ4n) is 1.83. The second-order valence-electron chi connectivity index (χ2n) is 4.71. The van der Waals surface area contributed by atoms with Crippen molar-refractivity contribution in [2.24, 2.45) is 0 Å². The Hall–Kier alpha value is -0.610. The average molecular weight is 317 g/mol. The van der Waals surface area contributed by atoms with Gasteiger partial charge in [-0.25, -0.2) is 4.39 Å². The maximum atomic E-state index is 14.1. The van der Waals surface area contributed by atoms with Crippen molar-refractivity contribution in [3.63, 3.8) is 0 Å². The molecule has 0 aromatic heterocycles. The molecule has 0 spiro atoms. The van der Waals surface area contributed by atoms with Crippen LogP contribution < -0.4 is 4.90 Å². The zero-order valence-electron chi connectivity index (χ0n) is 11.4. The Morgan fingerprint density at radius 1 is 1.17 bits per heavy atom. The number of halogens is 2. The van der Waals surface area contributed by atoms with Crippen molar-refractivity contribution in [3.05, 3.63) is 29.6 Å². The van der Waals surface area contributed by atoms with Crippen LogP contribution >= 0.6 is 15.9 Å². The molecule has 0 unspecified atom stereocenters. The van der Waals surface area contributed by atoms with E-state index in [9.17, 15) is 4.39 Å². The van der Waals surface area contributed by atoms with E-state index in [1.165, 1.54) is 0 Å². The maximum Gasteiger partial charge on any atom is 0.146 e. The van der Waals surface area contributed by atoms with E-state index in [1.54, 1.807) is 6.07 Å². The fourth-order valence-corrected chi connectivity index (χ4v) is 2.18. The normalized spacial score (nSPS) is 11.0. The number of hydrogen-bond donors (Lipinski definition) is 0. The SMILES string of the molecule is CCCN(CCN(C)C)c1ccc(CBr)cc1F. The van der Waals surface area contributed by atoms with Gasteiger partial charge in [0.2, 0.25) is 0 Å². The number of likely N-dealkylation sites (N-methyl/N-ethyl adjacent to an activating group) is 1. The highest BCUT2D eigenvalue weighted by Crippen LogP contribution is 2.21. The molecule has 0 heterocycles. The minimum Gasteiger partial charge on any atom is -0.368 e. The van der Waals surface area contributed by atoms with Crippen LogP contribution in [0.5, 0.6) is 0 Å². The molecule has 0 bridgehead atoms. The maximum absolute atomic E-state index is 14.1. The molecule has 1 rings (SSSR count). The third-order valence-electron chi connectivity index (χ3n) is 2.82. The molecule has 0 saturated carbocycles. The second-order valence-corrected chi connectivity index (χ2v) is 5.27. The molecule has 0 saturated heterocycles. The van der Waals surface area contributed by atoms with E-state index in [2.05, 4.69) is 32.7 Å². The van der Waals surface area contributed by atoms with E-state index in [4.69, 9.17) is 0 Å². The van der Waals surface area contributed by atoms with Crippen molar-refractivity contribution in [2.45, 2.75) is 18.7 Å². The summed E-state index contributed by atoms with van der Waals surface area (Å²) >= 11 is 3.35. The zero-order valence-corrected chi connectivity index (χ0v) is 13.0. The predicted octanol–water partition coefficient (Wildman–Crippen LogP) is 3.50. The molecule has 0 atom stereocenters. The molecule has 0 N–H and O–H groups in total. The van der Waals surface area contributed by atoms with Crippen LogP contribution in [0.3, 0.4) is 0 Å². The predicted molar refractivity (Wildman–Crippen MR) is 80.1 cm³/mol. The van der Waals surface area contributed by atoms with Gasteiger partial charge < -0.3 is 9.80 Å². The topological polar surface area (TPSA) is 6.48 Å². The molecule has 0 aliphatic heterocycles. The summed E-state index contributed by atoms with van der Waals surface area (Å²) in [7, 11) is 4.07. The quantitative estimate of drug-likeness (QED) is 0.710. The van der Waals surface area contributed by atoms with Gasteiger partial charge in [0.25, 0.3) is 0 Å². The van der Waals surface area contributed by atoms with Crippen LogP contribution in [0.1, 0.15) is 18.9 Å². The summed E-state index contributed by atoms with van der Waals surface area (Å²) in [6.07, 6.45) is 1.02. The van der Waals surface area contributed by atoms with Gasteiger partial charge in [-0.1, -0.05) is 28.9 Å². The van der Waals surface area contributed by atoms with Crippen LogP contribution in [-0.4, -0.2) is 38.6 Å². The van der Waals surface area contributed by atoms with Crippen LogP contribution in [0, 0.1) is 5.82 Å². The molecular formula is C14H22BrFN2. The molecule has 0 amide bonds. The largest absolute Gasteiger partial charge is 0.368 e. The van der Waals surface area contributed by atoms with Gasteiger partial charge in [-0.2, -0.15) is 0 Å². The lowest BCUT2D eigenvalue weighted by Crippen LogP contribution is -2.32. The molecule has 0 aliphatic carbocycles. The van der Waals surface area contributed by atoms with E-state index >= 15 is 0 Å². The standard InChI is InChI=1S/C14H22BrFN2/c1-4-7-18(9-8-17(2)3)14-6-5-12(11-15)10-13(14)16/h5-6,10H,4,7-9,11H2,1-3H3. The van der Waals surface area contributed by atoms with E-state index in [1.807, 2.05) is 26.2 Å². The van der Waals surface area contributed by atoms with Crippen molar-refractivity contribution >= 4 is 21.6 Å². The van der Waals surface area contributed by atoms with Gasteiger partial charge in [0.05, 0.1) is 5.69 Å². The molecule has 18 heavy (non-hydrogen) atoms. The number of hydrogen-bond acceptors (Lipinski definition) is 2. The summed E-state index contributed by atoms with van der Waals surface area (Å²) in [6.45, 7) is 4.79. The number of benzene rings is 1. The van der Waals surface area contributed by atoms with Crippen molar-refractivity contribution in [3.8, 4) is 0 Å². The van der Waals surface area contributed by atoms with Crippen molar-refractivity contribution in [1.29, 1.82) is 0 Å². The molecular weight excluding hydrogens is 295 g/mol. The highest BCUT2D eigenvalue weighted by Gasteiger charge is 2.11. The number of nitrogens with zero attached hydrogens (tertiary/aromatic N) is 2. The average Bonchev–Trinajstić information content (AvgIpc) is 2.34. The summed E-state index contributed by atoms with van der Waals surface area (Å²) in [5.74, 6) is -0.126. The van der Waals surface area contributed by atoms with Crippen LogP contribution in [-0.2, 0) is 5.33 Å². The van der Waals surface area contributed by atoms with E-state index in [-0.39, 0.29) is 5.82 Å². The highest BCUT2D eigenvalue weighted by molar-refractivity contribution is 9.08. The summed E-state index contributed by atoms with van der Waals surface area (Å²) < 4.78 is 14.1. The van der Waals surface area contributed by atoms with Gasteiger partial charge in [-0.15, -0.1) is 0 Å². The van der Waals surface area contributed by atoms with Crippen LogP contribution in [0.15, 0.2) is 18.2 Å². The second kappa shape index (κ2) is 7.74. The summed E-state index contributed by atoms with van der Waals surface area (Å²) in [4.78, 5) is 4.24. The third-order valence-corrected chi connectivity index (χ3v) is 3.47. The minimum atomic E-state index is -0.126. The summed E-state index contributed by atoms with van der Waals surface area (Å²) in [5.41, 5.74) is 1.68. The Morgan fingerprint density at radius 3 is 2.39 bits per heavy atom. The number of alkyl halides is 1. The first-order valence-electron chi connectivity index (χ1n) is 6.32. The first-order chi connectivity index (χ1) is 8.58. The highest BCUT2D eigenvalue weighted by atomic mass is 79.9. The van der Waals surface area contributed by atoms with Gasteiger partial charge in [0.15, 0.2) is 0 Å². The first-order valence-corrected chi connectivity index (χ1v) is 7.44. The Morgan fingerprint density at radius 2 is 1.89 bits per heavy atom. The monoisotopic (exact) mass is 316 g/mol. The van der Waals surface area contributed by atoms with E-state index < -0.39 is 0 Å². The zero-order chi connectivity index (χ0) is 13.5. The molecule has 1 aromatic rings. The van der Waals surface area contributed by atoms with Crippen molar-refractivity contribution in [2.75, 3.05) is 38.6 Å². The Bertz CT molecular complexity index is 369. The Balaban J connectivity index is 2.84. The van der Waals surface area contributed by atoms with Gasteiger partial charge in [0, 0.05) is 25.0 Å². The third kappa shape index (κ3) is 4.58. The lowest BCUT2D eigenvalue weighted by atomic mass is 10.2. The van der Waals surface area contributed by atoms with Crippen LogP contribution in [0.2, 0.25) is 0 Å². The Kier molecular flexibility index (Phi) is 6.65. The lowest BCUT2D eigenvalue weighted by Gasteiger charge is -2.26. The van der Waals surface area contributed by atoms with Gasteiger partial charge >= 0.3 is 0 Å². The summed E-state index contributed by atoms with van der Waals surface area (Å²) in [5, 5.41) is 0.690. The molecule has 1 aromatic carbocycles. The molecule has 0 aliphatic rings. The van der Waals surface area contributed by atoms with Crippen molar-refractivity contribution < 1.29 is 4.39 Å². The van der Waals surface area contributed by atoms with Gasteiger partial charge in [-0.3, -0.25) is 0 Å². The fraction of sp³-hybridized carbons (Fsp3) is 0.571.